The van der Waals surface area contributed by atoms with Crippen LogP contribution < -0.4 is 15.2 Å². The summed E-state index contributed by atoms with van der Waals surface area (Å²) in [6.45, 7) is 3.49. The number of aryl methyl sites for hydroxylation is 1. The van der Waals surface area contributed by atoms with Crippen molar-refractivity contribution in [2.75, 3.05) is 18.9 Å². The number of fused-ring (bicyclic) bond motifs is 2. The maximum atomic E-state index is 12.2. The van der Waals surface area contributed by atoms with Crippen molar-refractivity contribution in [1.29, 1.82) is 0 Å². The predicted octanol–water partition coefficient (Wildman–Crippen LogP) is 2.14. The predicted molar refractivity (Wildman–Crippen MR) is 119 cm³/mol. The maximum Gasteiger partial charge on any atom is 0.214 e. The smallest absolute Gasteiger partial charge is 0.214 e. The fraction of sp³-hybridized carbons (Fsp3) is 0.450. The molecular weight excluding hydrogens is 436 g/mol. The molecule has 1 aliphatic heterocycles. The number of nitrogens with zero attached hydrogens (tertiary/aromatic N) is 4. The minimum Gasteiger partial charge on any atom is -0.493 e. The van der Waals surface area contributed by atoms with Crippen molar-refractivity contribution in [2.45, 2.75) is 54.5 Å². The summed E-state index contributed by atoms with van der Waals surface area (Å²) in [6, 6.07) is 4.27. The molecule has 3 aromatic rings. The number of nitrogens with one attached hydrogen (secondary N) is 1. The topological polar surface area (TPSA) is 125 Å². The summed E-state index contributed by atoms with van der Waals surface area (Å²) >= 11 is 1.51. The number of nitrogens with two attached hydrogens (primary N) is 1. The van der Waals surface area contributed by atoms with Crippen molar-refractivity contribution >= 4 is 38.8 Å². The molecule has 0 spiro atoms. The Morgan fingerprint density at radius 1 is 1.32 bits per heavy atom. The average Bonchev–Trinajstić information content (AvgIpc) is 3.43. The molecule has 0 unspecified atom stereocenters. The van der Waals surface area contributed by atoms with E-state index in [1.54, 1.807) is 0 Å². The monoisotopic (exact) mass is 460 g/mol. The first-order chi connectivity index (χ1) is 15.0. The summed E-state index contributed by atoms with van der Waals surface area (Å²) in [5, 5.41) is 0.442. The molecule has 11 heteroatoms. The van der Waals surface area contributed by atoms with Crippen molar-refractivity contribution in [3.05, 3.63) is 29.6 Å². The number of sulfonamides is 1. The second-order valence-electron chi connectivity index (χ2n) is 7.74. The second-order valence-corrected chi connectivity index (χ2v) is 10.8. The number of ether oxygens (including phenoxy) is 1. The van der Waals surface area contributed by atoms with Crippen molar-refractivity contribution in [1.82, 2.24) is 24.2 Å². The number of hydrogen-bond acceptors (Lipinski definition) is 8. The molecule has 1 aliphatic carbocycles. The molecule has 0 radical (unpaired) electrons. The van der Waals surface area contributed by atoms with Gasteiger partial charge in [-0.05, 0) is 36.5 Å². The Hall–Kier alpha value is -2.37. The van der Waals surface area contributed by atoms with Gasteiger partial charge < -0.3 is 15.0 Å². The number of imidazole rings is 1. The summed E-state index contributed by atoms with van der Waals surface area (Å²) in [6.07, 6.45) is 4.68. The molecule has 2 aliphatic rings. The number of rotatable bonds is 8. The van der Waals surface area contributed by atoms with Crippen LogP contribution in [0.4, 0.5) is 5.82 Å². The zero-order valence-corrected chi connectivity index (χ0v) is 18.8. The summed E-state index contributed by atoms with van der Waals surface area (Å²) in [4.78, 5) is 14.2. The zero-order chi connectivity index (χ0) is 21.6. The molecule has 0 atom stereocenters. The maximum absolute atomic E-state index is 12.2. The number of hydrogen-bond donors (Lipinski definition) is 2. The van der Waals surface area contributed by atoms with Crippen LogP contribution in [-0.2, 0) is 29.4 Å². The highest BCUT2D eigenvalue weighted by Crippen LogP contribution is 2.38. The van der Waals surface area contributed by atoms with Gasteiger partial charge in [0.2, 0.25) is 10.0 Å². The molecule has 3 N–H and O–H groups in total. The largest absolute Gasteiger partial charge is 0.493 e. The van der Waals surface area contributed by atoms with Crippen LogP contribution in [0.5, 0.6) is 5.75 Å². The van der Waals surface area contributed by atoms with Gasteiger partial charge in [-0.3, -0.25) is 0 Å². The van der Waals surface area contributed by atoms with Gasteiger partial charge in [0.25, 0.3) is 0 Å². The summed E-state index contributed by atoms with van der Waals surface area (Å²) in [5.74, 6) is 1.22. The van der Waals surface area contributed by atoms with E-state index in [0.717, 1.165) is 36.3 Å². The van der Waals surface area contributed by atoms with E-state index >= 15 is 0 Å². The minimum absolute atomic E-state index is 0.252. The molecule has 2 aromatic heterocycles. The van der Waals surface area contributed by atoms with Crippen LogP contribution in [0.3, 0.4) is 0 Å². The molecule has 1 saturated carbocycles. The molecule has 0 amide bonds. The first kappa shape index (κ1) is 20.5. The molecule has 31 heavy (non-hydrogen) atoms. The first-order valence-corrected chi connectivity index (χ1v) is 12.7. The lowest BCUT2D eigenvalue weighted by molar-refractivity contribution is 0.356. The van der Waals surface area contributed by atoms with E-state index in [1.165, 1.54) is 29.2 Å². The van der Waals surface area contributed by atoms with Gasteiger partial charge >= 0.3 is 0 Å². The van der Waals surface area contributed by atoms with Gasteiger partial charge in [-0.15, -0.1) is 0 Å². The van der Waals surface area contributed by atoms with E-state index in [9.17, 15) is 8.42 Å². The SMILES string of the molecule is CCc1cc2c(cc1Sc1nc3c(N)ncnc3n1CCNS(=O)(=O)C1CC1)OCC2. The highest BCUT2D eigenvalue weighted by molar-refractivity contribution is 7.99. The van der Waals surface area contributed by atoms with Crippen LogP contribution >= 0.6 is 11.8 Å². The van der Waals surface area contributed by atoms with Crippen LogP contribution in [0.15, 0.2) is 28.5 Å². The van der Waals surface area contributed by atoms with Crippen LogP contribution in [0.2, 0.25) is 0 Å². The lowest BCUT2D eigenvalue weighted by Crippen LogP contribution is -2.30. The number of benzene rings is 1. The van der Waals surface area contributed by atoms with Crippen LogP contribution in [0, 0.1) is 0 Å². The van der Waals surface area contributed by atoms with Gasteiger partial charge in [-0.25, -0.2) is 28.1 Å². The van der Waals surface area contributed by atoms with Gasteiger partial charge in [0.1, 0.15) is 12.1 Å². The van der Waals surface area contributed by atoms with Crippen molar-refractivity contribution in [3.63, 3.8) is 0 Å². The quantitative estimate of drug-likeness (QED) is 0.524. The summed E-state index contributed by atoms with van der Waals surface area (Å²) in [7, 11) is -3.26. The third-order valence-corrected chi connectivity index (χ3v) is 8.63. The van der Waals surface area contributed by atoms with E-state index in [-0.39, 0.29) is 11.8 Å². The van der Waals surface area contributed by atoms with Crippen LogP contribution in [0.1, 0.15) is 30.9 Å². The van der Waals surface area contributed by atoms with Crippen LogP contribution in [0.25, 0.3) is 11.2 Å². The highest BCUT2D eigenvalue weighted by Gasteiger charge is 2.35. The Balaban J connectivity index is 1.48. The lowest BCUT2D eigenvalue weighted by atomic mass is 10.1. The van der Waals surface area contributed by atoms with Crippen molar-refractivity contribution in [2.24, 2.45) is 0 Å². The first-order valence-electron chi connectivity index (χ1n) is 10.4. The van der Waals surface area contributed by atoms with Crippen molar-refractivity contribution in [3.8, 4) is 5.75 Å². The second kappa shape index (κ2) is 7.95. The molecule has 0 bridgehead atoms. The minimum atomic E-state index is -3.26. The van der Waals surface area contributed by atoms with Gasteiger partial charge in [0.15, 0.2) is 22.1 Å². The van der Waals surface area contributed by atoms with Gasteiger partial charge in [-0.1, -0.05) is 24.8 Å². The number of aromatic nitrogens is 4. The van der Waals surface area contributed by atoms with Crippen molar-refractivity contribution < 1.29 is 13.2 Å². The lowest BCUT2D eigenvalue weighted by Gasteiger charge is -2.12. The number of anilines is 1. The Kier molecular flexibility index (Phi) is 5.27. The van der Waals surface area contributed by atoms with E-state index in [2.05, 4.69) is 33.7 Å². The molecule has 9 nitrogen and oxygen atoms in total. The Bertz CT molecular complexity index is 1250. The molecule has 3 heterocycles. The third-order valence-electron chi connectivity index (χ3n) is 5.58. The zero-order valence-electron chi connectivity index (χ0n) is 17.2. The standard InChI is InChI=1S/C20H24N6O3S2/c1-2-12-9-13-5-8-29-15(13)10-16(12)30-20-25-17-18(21)22-11-23-19(17)26(20)7-6-24-31(27,28)14-3-4-14/h9-11,14,24H,2-8H2,1H3,(H2,21,22,23). The van der Waals surface area contributed by atoms with Gasteiger partial charge in [-0.2, -0.15) is 0 Å². The fourth-order valence-electron chi connectivity index (χ4n) is 3.74. The van der Waals surface area contributed by atoms with E-state index in [1.807, 2.05) is 4.57 Å². The Morgan fingerprint density at radius 3 is 2.94 bits per heavy atom. The third kappa shape index (κ3) is 3.97. The molecule has 5 rings (SSSR count). The number of nitrogen functional groups attached to an aromatic ring is 1. The van der Waals surface area contributed by atoms with Gasteiger partial charge in [0.05, 0.1) is 11.9 Å². The molecule has 1 fully saturated rings. The Labute approximate surface area is 184 Å². The fourth-order valence-corrected chi connectivity index (χ4v) is 6.23. The summed E-state index contributed by atoms with van der Waals surface area (Å²) in [5.41, 5.74) is 9.61. The van der Waals surface area contributed by atoms with E-state index < -0.39 is 10.0 Å². The molecular formula is C20H24N6O3S2. The highest BCUT2D eigenvalue weighted by atomic mass is 32.2. The molecule has 1 aromatic carbocycles. The average molecular weight is 461 g/mol. The molecule has 0 saturated heterocycles. The Morgan fingerprint density at radius 2 is 2.16 bits per heavy atom. The summed E-state index contributed by atoms with van der Waals surface area (Å²) < 4.78 is 34.8. The normalized spacial score (nSPS) is 15.9. The molecule has 164 valence electrons. The van der Waals surface area contributed by atoms with Crippen LogP contribution in [-0.4, -0.2) is 46.3 Å². The van der Waals surface area contributed by atoms with E-state index in [0.29, 0.717) is 35.3 Å². The van der Waals surface area contributed by atoms with Gasteiger partial charge in [0, 0.05) is 24.4 Å². The van der Waals surface area contributed by atoms with E-state index in [4.69, 9.17) is 15.5 Å².